The van der Waals surface area contributed by atoms with E-state index in [1.54, 1.807) is 0 Å². The van der Waals surface area contributed by atoms with E-state index in [0.29, 0.717) is 0 Å². The Labute approximate surface area is 226 Å². The largest absolute Gasteiger partial charge is 0.310 e. The number of hydrogen-bond acceptors (Lipinski definition) is 0. The topological polar surface area (TPSA) is 9.86 Å². The molecule has 1 aliphatic heterocycles. The molecule has 0 N–H and O–H groups in total. The standard InChI is InChI=1S/C36H23BN2/c1-2-12-24(13-3-1)37-28-17-7-11-21-33(28)39-32-20-10-6-16-27(32)35-34(23-22-29(37)36(35)39)38-30-18-8-4-14-25(30)26-15-5-9-19-31(26)38/h1-23H. The van der Waals surface area contributed by atoms with E-state index in [2.05, 4.69) is 149 Å². The Morgan fingerprint density at radius 3 is 1.67 bits per heavy atom. The van der Waals surface area contributed by atoms with Gasteiger partial charge >= 0.3 is 0 Å². The summed E-state index contributed by atoms with van der Waals surface area (Å²) >= 11 is 0. The summed E-state index contributed by atoms with van der Waals surface area (Å²) in [5, 5.41) is 5.17. The summed E-state index contributed by atoms with van der Waals surface area (Å²) in [5.41, 5.74) is 11.6. The second kappa shape index (κ2) is 7.75. The van der Waals surface area contributed by atoms with Crippen LogP contribution in [0.2, 0.25) is 0 Å². The van der Waals surface area contributed by atoms with Crippen molar-refractivity contribution in [1.29, 1.82) is 0 Å². The molecule has 0 aliphatic carbocycles. The molecule has 2 nitrogen and oxygen atoms in total. The molecule has 0 saturated carbocycles. The van der Waals surface area contributed by atoms with Crippen LogP contribution >= 0.6 is 0 Å². The van der Waals surface area contributed by atoms with E-state index < -0.39 is 0 Å². The Balaban J connectivity index is 1.50. The first-order valence-corrected chi connectivity index (χ1v) is 13.6. The van der Waals surface area contributed by atoms with Crippen molar-refractivity contribution < 1.29 is 0 Å². The van der Waals surface area contributed by atoms with Crippen LogP contribution < -0.4 is 16.4 Å². The Morgan fingerprint density at radius 2 is 0.949 bits per heavy atom. The zero-order chi connectivity index (χ0) is 25.5. The van der Waals surface area contributed by atoms with Crippen LogP contribution in [-0.2, 0) is 0 Å². The quantitative estimate of drug-likeness (QED) is 0.237. The van der Waals surface area contributed by atoms with Crippen LogP contribution in [0, 0.1) is 0 Å². The van der Waals surface area contributed by atoms with Crippen molar-refractivity contribution in [3.05, 3.63) is 140 Å². The molecule has 0 unspecified atom stereocenters. The SMILES string of the molecule is c1ccc(B2c3ccccc3-n3c4ccccc4c4c(-n5c6ccccc6c6ccccc65)ccc2c43)cc1. The molecule has 180 valence electrons. The molecule has 0 fully saturated rings. The summed E-state index contributed by atoms with van der Waals surface area (Å²) in [6.45, 7) is 0.175. The molecule has 3 heterocycles. The van der Waals surface area contributed by atoms with E-state index in [4.69, 9.17) is 0 Å². The van der Waals surface area contributed by atoms with Gasteiger partial charge in [0.25, 0.3) is 0 Å². The van der Waals surface area contributed by atoms with Gasteiger partial charge in [-0.2, -0.15) is 0 Å². The maximum Gasteiger partial charge on any atom is 0.246 e. The summed E-state index contributed by atoms with van der Waals surface area (Å²) < 4.78 is 4.98. The lowest BCUT2D eigenvalue weighted by Gasteiger charge is -2.27. The molecular weight excluding hydrogens is 471 g/mol. The van der Waals surface area contributed by atoms with Gasteiger partial charge in [0.05, 0.1) is 27.8 Å². The van der Waals surface area contributed by atoms with Crippen LogP contribution in [0.15, 0.2) is 140 Å². The lowest BCUT2D eigenvalue weighted by molar-refractivity contribution is 1.18. The van der Waals surface area contributed by atoms with E-state index >= 15 is 0 Å². The fourth-order valence-electron chi connectivity index (χ4n) is 7.06. The van der Waals surface area contributed by atoms with Crippen molar-refractivity contribution in [2.24, 2.45) is 0 Å². The Bertz CT molecular complexity index is 2180. The van der Waals surface area contributed by atoms with Crippen molar-refractivity contribution in [1.82, 2.24) is 9.13 Å². The summed E-state index contributed by atoms with van der Waals surface area (Å²) in [6.07, 6.45) is 0. The highest BCUT2D eigenvalue weighted by Gasteiger charge is 2.34. The molecule has 39 heavy (non-hydrogen) atoms. The summed E-state index contributed by atoms with van der Waals surface area (Å²) in [4.78, 5) is 0. The highest BCUT2D eigenvalue weighted by Crippen LogP contribution is 2.40. The van der Waals surface area contributed by atoms with Crippen molar-refractivity contribution in [3.8, 4) is 11.4 Å². The molecule has 3 heteroatoms. The third-order valence-corrected chi connectivity index (χ3v) is 8.58. The molecule has 0 saturated heterocycles. The molecular formula is C36H23BN2. The normalized spacial score (nSPS) is 12.6. The molecule has 6 aromatic carbocycles. The van der Waals surface area contributed by atoms with Gasteiger partial charge in [0, 0.05) is 27.2 Å². The first-order valence-electron chi connectivity index (χ1n) is 13.6. The van der Waals surface area contributed by atoms with E-state index in [9.17, 15) is 0 Å². The fraction of sp³-hybridized carbons (Fsp3) is 0. The third-order valence-electron chi connectivity index (χ3n) is 8.58. The number of nitrogens with zero attached hydrogens (tertiary/aromatic N) is 2. The molecule has 0 atom stereocenters. The highest BCUT2D eigenvalue weighted by molar-refractivity contribution is 6.98. The predicted molar refractivity (Wildman–Crippen MR) is 166 cm³/mol. The maximum absolute atomic E-state index is 2.51. The molecule has 0 spiro atoms. The number of rotatable bonds is 2. The maximum atomic E-state index is 2.51. The van der Waals surface area contributed by atoms with Gasteiger partial charge in [-0.25, -0.2) is 0 Å². The van der Waals surface area contributed by atoms with Crippen LogP contribution in [0.25, 0.3) is 55.0 Å². The second-order valence-corrected chi connectivity index (χ2v) is 10.5. The smallest absolute Gasteiger partial charge is 0.246 e. The summed E-state index contributed by atoms with van der Waals surface area (Å²) in [7, 11) is 0. The fourth-order valence-corrected chi connectivity index (χ4v) is 7.06. The number of hydrogen-bond donors (Lipinski definition) is 0. The average Bonchev–Trinajstić information content (AvgIpc) is 3.53. The van der Waals surface area contributed by atoms with Gasteiger partial charge in [-0.3, -0.25) is 0 Å². The van der Waals surface area contributed by atoms with Crippen LogP contribution in [0.1, 0.15) is 0 Å². The first-order chi connectivity index (χ1) is 19.4. The van der Waals surface area contributed by atoms with Crippen LogP contribution in [0.4, 0.5) is 0 Å². The minimum absolute atomic E-state index is 0.175. The Hall–Kier alpha value is -5.02. The number of aromatic nitrogens is 2. The Morgan fingerprint density at radius 1 is 0.385 bits per heavy atom. The predicted octanol–water partition coefficient (Wildman–Crippen LogP) is 6.71. The molecule has 0 bridgehead atoms. The van der Waals surface area contributed by atoms with Gasteiger partial charge in [0.15, 0.2) is 0 Å². The average molecular weight is 494 g/mol. The van der Waals surface area contributed by atoms with Crippen LogP contribution in [-0.4, -0.2) is 15.8 Å². The summed E-state index contributed by atoms with van der Waals surface area (Å²) in [6, 6.07) is 51.1. The highest BCUT2D eigenvalue weighted by atomic mass is 15.0. The molecule has 0 radical (unpaired) electrons. The minimum atomic E-state index is 0.175. The zero-order valence-corrected chi connectivity index (χ0v) is 21.3. The Kier molecular flexibility index (Phi) is 4.17. The van der Waals surface area contributed by atoms with Gasteiger partial charge in [0.2, 0.25) is 6.71 Å². The van der Waals surface area contributed by atoms with Gasteiger partial charge in [0.1, 0.15) is 0 Å². The van der Waals surface area contributed by atoms with Crippen molar-refractivity contribution in [3.63, 3.8) is 0 Å². The lowest BCUT2D eigenvalue weighted by Crippen LogP contribution is -2.55. The minimum Gasteiger partial charge on any atom is -0.310 e. The van der Waals surface area contributed by atoms with E-state index in [-0.39, 0.29) is 6.71 Å². The molecule has 1 aliphatic rings. The third kappa shape index (κ3) is 2.72. The number of fused-ring (bicyclic) bond motifs is 8. The molecule has 2 aromatic heterocycles. The first kappa shape index (κ1) is 21.0. The van der Waals surface area contributed by atoms with Crippen molar-refractivity contribution in [2.45, 2.75) is 0 Å². The zero-order valence-electron chi connectivity index (χ0n) is 21.3. The van der Waals surface area contributed by atoms with Gasteiger partial charge in [-0.15, -0.1) is 0 Å². The van der Waals surface area contributed by atoms with Crippen molar-refractivity contribution >= 4 is 66.7 Å². The van der Waals surface area contributed by atoms with E-state index in [1.807, 2.05) is 0 Å². The number of para-hydroxylation sites is 4. The molecule has 0 amide bonds. The molecule has 8 aromatic rings. The number of benzene rings is 6. The second-order valence-electron chi connectivity index (χ2n) is 10.5. The monoisotopic (exact) mass is 494 g/mol. The van der Waals surface area contributed by atoms with Gasteiger partial charge in [-0.05, 0) is 41.3 Å². The van der Waals surface area contributed by atoms with E-state index in [1.165, 1.54) is 71.4 Å². The van der Waals surface area contributed by atoms with Gasteiger partial charge < -0.3 is 9.13 Å². The van der Waals surface area contributed by atoms with Crippen molar-refractivity contribution in [2.75, 3.05) is 0 Å². The van der Waals surface area contributed by atoms with Gasteiger partial charge in [-0.1, -0.05) is 115 Å². The van der Waals surface area contributed by atoms with E-state index in [0.717, 1.165) is 0 Å². The molecule has 9 rings (SSSR count). The lowest BCUT2D eigenvalue weighted by atomic mass is 9.35. The van der Waals surface area contributed by atoms with Crippen LogP contribution in [0.5, 0.6) is 0 Å². The summed E-state index contributed by atoms with van der Waals surface area (Å²) in [5.74, 6) is 0. The van der Waals surface area contributed by atoms with Crippen LogP contribution in [0.3, 0.4) is 0 Å².